The molecular formula is C18H16N2O5. The first kappa shape index (κ1) is 16.7. The van der Waals surface area contributed by atoms with Crippen LogP contribution >= 0.6 is 0 Å². The van der Waals surface area contributed by atoms with E-state index in [0.717, 1.165) is 10.6 Å². The van der Waals surface area contributed by atoms with Gasteiger partial charge in [-0.25, -0.2) is 9.86 Å². The third-order valence-electron chi connectivity index (χ3n) is 4.04. The second-order valence-corrected chi connectivity index (χ2v) is 5.37. The molecule has 3 aromatic rings. The normalized spacial score (nSPS) is 10.8. The van der Waals surface area contributed by atoms with Crippen LogP contribution in [0.25, 0.3) is 16.4 Å². The minimum absolute atomic E-state index is 0.193. The SMILES string of the molecule is COC(=O)c1c2ccccc2n2cc(C(=O)C(=O)N(C)OC)ccc12. The Kier molecular flexibility index (Phi) is 4.24. The predicted octanol–water partition coefficient (Wildman–Crippen LogP) is 2.08. The highest BCUT2D eigenvalue weighted by molar-refractivity contribution is 6.42. The van der Waals surface area contributed by atoms with Crippen LogP contribution in [-0.4, -0.2) is 48.4 Å². The molecular weight excluding hydrogens is 324 g/mol. The molecule has 0 aliphatic carbocycles. The van der Waals surface area contributed by atoms with Crippen LogP contribution in [0.2, 0.25) is 0 Å². The first-order valence-electron chi connectivity index (χ1n) is 7.47. The molecule has 0 N–H and O–H groups in total. The van der Waals surface area contributed by atoms with Crippen molar-refractivity contribution in [2.75, 3.05) is 21.3 Å². The summed E-state index contributed by atoms with van der Waals surface area (Å²) in [5, 5.41) is 1.57. The molecule has 0 radical (unpaired) electrons. The van der Waals surface area contributed by atoms with E-state index >= 15 is 0 Å². The maximum Gasteiger partial charge on any atom is 0.340 e. The summed E-state index contributed by atoms with van der Waals surface area (Å²) in [5.41, 5.74) is 1.94. The van der Waals surface area contributed by atoms with Crippen molar-refractivity contribution in [1.82, 2.24) is 9.46 Å². The Morgan fingerprint density at radius 3 is 2.40 bits per heavy atom. The Hall–Kier alpha value is -3.19. The molecule has 25 heavy (non-hydrogen) atoms. The molecule has 1 amide bonds. The molecule has 0 aliphatic heterocycles. The molecule has 2 aromatic heterocycles. The van der Waals surface area contributed by atoms with E-state index in [-0.39, 0.29) is 5.56 Å². The van der Waals surface area contributed by atoms with Crippen molar-refractivity contribution in [1.29, 1.82) is 0 Å². The lowest BCUT2D eigenvalue weighted by molar-refractivity contribution is -0.162. The molecule has 7 heteroatoms. The van der Waals surface area contributed by atoms with Gasteiger partial charge in [0.15, 0.2) is 0 Å². The number of para-hydroxylation sites is 1. The number of hydroxylamine groups is 2. The number of esters is 1. The number of Topliss-reactive ketones (excluding diaryl/α,β-unsaturated/α-hetero) is 1. The van der Waals surface area contributed by atoms with Crippen molar-refractivity contribution in [2.45, 2.75) is 0 Å². The van der Waals surface area contributed by atoms with Gasteiger partial charge in [-0.15, -0.1) is 0 Å². The third kappa shape index (κ3) is 2.64. The molecule has 1 aromatic carbocycles. The van der Waals surface area contributed by atoms with E-state index in [0.29, 0.717) is 16.5 Å². The molecule has 0 unspecified atom stereocenters. The summed E-state index contributed by atoms with van der Waals surface area (Å²) in [5.74, 6) is -1.96. The largest absolute Gasteiger partial charge is 0.465 e. The highest BCUT2D eigenvalue weighted by atomic mass is 16.7. The number of ketones is 1. The van der Waals surface area contributed by atoms with E-state index in [4.69, 9.17) is 9.57 Å². The number of carbonyl (C=O) groups is 3. The van der Waals surface area contributed by atoms with Crippen molar-refractivity contribution in [3.05, 3.63) is 53.7 Å². The Morgan fingerprint density at radius 2 is 1.72 bits per heavy atom. The van der Waals surface area contributed by atoms with Crippen LogP contribution in [0.3, 0.4) is 0 Å². The quantitative estimate of drug-likeness (QED) is 0.314. The number of nitrogens with zero attached hydrogens (tertiary/aromatic N) is 2. The molecule has 0 fully saturated rings. The number of hydrogen-bond acceptors (Lipinski definition) is 5. The van der Waals surface area contributed by atoms with Gasteiger partial charge in [0.05, 0.1) is 30.8 Å². The Labute approximate surface area is 143 Å². The lowest BCUT2D eigenvalue weighted by Crippen LogP contribution is -2.32. The van der Waals surface area contributed by atoms with Gasteiger partial charge in [-0.3, -0.25) is 14.4 Å². The second kappa shape index (κ2) is 6.37. The Bertz CT molecular complexity index is 1010. The fourth-order valence-electron chi connectivity index (χ4n) is 2.74. The van der Waals surface area contributed by atoms with Gasteiger partial charge in [-0.1, -0.05) is 18.2 Å². The molecule has 0 atom stereocenters. The van der Waals surface area contributed by atoms with E-state index < -0.39 is 17.7 Å². The maximum atomic E-state index is 12.3. The van der Waals surface area contributed by atoms with Crippen molar-refractivity contribution in [2.24, 2.45) is 0 Å². The highest BCUT2D eigenvalue weighted by Gasteiger charge is 2.23. The summed E-state index contributed by atoms with van der Waals surface area (Å²) in [7, 11) is 3.98. The zero-order valence-electron chi connectivity index (χ0n) is 14.0. The van der Waals surface area contributed by atoms with Crippen LogP contribution in [0, 0.1) is 0 Å². The van der Waals surface area contributed by atoms with Crippen molar-refractivity contribution >= 4 is 34.1 Å². The molecule has 0 aliphatic rings. The average Bonchev–Trinajstić information content (AvgIpc) is 2.99. The number of hydrogen-bond donors (Lipinski definition) is 0. The van der Waals surface area contributed by atoms with Gasteiger partial charge in [0.25, 0.3) is 5.78 Å². The van der Waals surface area contributed by atoms with Gasteiger partial charge in [0, 0.05) is 24.2 Å². The zero-order chi connectivity index (χ0) is 18.1. The first-order chi connectivity index (χ1) is 12.0. The molecule has 0 bridgehead atoms. The molecule has 2 heterocycles. The van der Waals surface area contributed by atoms with Crippen LogP contribution in [0.15, 0.2) is 42.6 Å². The number of pyridine rings is 1. The molecule has 3 rings (SSSR count). The number of amides is 1. The van der Waals surface area contributed by atoms with E-state index in [9.17, 15) is 14.4 Å². The molecule has 0 saturated heterocycles. The van der Waals surface area contributed by atoms with E-state index in [2.05, 4.69) is 0 Å². The number of ether oxygens (including phenoxy) is 1. The molecule has 0 saturated carbocycles. The number of carbonyl (C=O) groups excluding carboxylic acids is 3. The second-order valence-electron chi connectivity index (χ2n) is 5.37. The minimum Gasteiger partial charge on any atom is -0.465 e. The van der Waals surface area contributed by atoms with Crippen molar-refractivity contribution in [3.8, 4) is 0 Å². The van der Waals surface area contributed by atoms with Crippen LogP contribution < -0.4 is 0 Å². The van der Waals surface area contributed by atoms with Crippen LogP contribution in [0.1, 0.15) is 20.7 Å². The molecule has 128 valence electrons. The summed E-state index contributed by atoms with van der Waals surface area (Å²) in [6.07, 6.45) is 1.54. The lowest BCUT2D eigenvalue weighted by Gasteiger charge is -2.12. The van der Waals surface area contributed by atoms with E-state index in [1.807, 2.05) is 18.2 Å². The Morgan fingerprint density at radius 1 is 1.00 bits per heavy atom. The summed E-state index contributed by atoms with van der Waals surface area (Å²) in [6, 6.07) is 10.4. The molecule has 0 spiro atoms. The van der Waals surface area contributed by atoms with Gasteiger partial charge in [0.1, 0.15) is 0 Å². The van der Waals surface area contributed by atoms with Crippen molar-refractivity contribution in [3.63, 3.8) is 0 Å². The van der Waals surface area contributed by atoms with Gasteiger partial charge >= 0.3 is 11.9 Å². The van der Waals surface area contributed by atoms with Crippen LogP contribution in [0.5, 0.6) is 0 Å². The average molecular weight is 340 g/mol. The van der Waals surface area contributed by atoms with E-state index in [1.54, 1.807) is 16.5 Å². The topological polar surface area (TPSA) is 77.3 Å². The van der Waals surface area contributed by atoms with E-state index in [1.165, 1.54) is 33.5 Å². The number of fused-ring (bicyclic) bond motifs is 3. The van der Waals surface area contributed by atoms with Gasteiger partial charge in [-0.2, -0.15) is 0 Å². The van der Waals surface area contributed by atoms with Crippen molar-refractivity contribution < 1.29 is 24.0 Å². The summed E-state index contributed by atoms with van der Waals surface area (Å²) >= 11 is 0. The summed E-state index contributed by atoms with van der Waals surface area (Å²) in [4.78, 5) is 41.3. The highest BCUT2D eigenvalue weighted by Crippen LogP contribution is 2.28. The van der Waals surface area contributed by atoms with Gasteiger partial charge in [-0.05, 0) is 18.2 Å². The summed E-state index contributed by atoms with van der Waals surface area (Å²) in [6.45, 7) is 0. The zero-order valence-corrected chi connectivity index (χ0v) is 14.0. The Balaban J connectivity index is 2.22. The third-order valence-corrected chi connectivity index (χ3v) is 4.04. The first-order valence-corrected chi connectivity index (χ1v) is 7.47. The fourth-order valence-corrected chi connectivity index (χ4v) is 2.74. The summed E-state index contributed by atoms with van der Waals surface area (Å²) < 4.78 is 6.58. The standard InChI is InChI=1S/C18H16N2O5/c1-19(25-3)17(22)16(21)11-8-9-14-15(18(23)24-2)12-6-4-5-7-13(12)20(14)10-11/h4-10H,1-3H3. The minimum atomic E-state index is -0.786. The predicted molar refractivity (Wildman–Crippen MR) is 90.4 cm³/mol. The number of methoxy groups -OCH3 is 1. The molecule has 7 nitrogen and oxygen atoms in total. The monoisotopic (exact) mass is 340 g/mol. The van der Waals surface area contributed by atoms with Crippen LogP contribution in [0.4, 0.5) is 0 Å². The fraction of sp³-hybridized carbons (Fsp3) is 0.167. The number of likely N-dealkylation sites (N-methyl/N-ethyl adjacent to an activating group) is 1. The smallest absolute Gasteiger partial charge is 0.340 e. The van der Waals surface area contributed by atoms with Gasteiger partial charge < -0.3 is 9.14 Å². The van der Waals surface area contributed by atoms with Gasteiger partial charge in [0.2, 0.25) is 0 Å². The van der Waals surface area contributed by atoms with Crippen LogP contribution in [-0.2, 0) is 14.4 Å². The lowest BCUT2D eigenvalue weighted by atomic mass is 10.1. The number of aromatic nitrogens is 1. The number of rotatable bonds is 4. The number of benzene rings is 1. The maximum absolute atomic E-state index is 12.3.